The Labute approximate surface area is 154 Å². The monoisotopic (exact) mass is 382 g/mol. The van der Waals surface area contributed by atoms with Gasteiger partial charge in [0.15, 0.2) is 0 Å². The molecule has 7 nitrogen and oxygen atoms in total. The number of carbonyl (C=O) groups is 1. The van der Waals surface area contributed by atoms with E-state index in [4.69, 9.17) is 9.47 Å². The highest BCUT2D eigenvalue weighted by Gasteiger charge is 2.31. The number of nitrogens with zero attached hydrogens (tertiary/aromatic N) is 2. The van der Waals surface area contributed by atoms with Crippen molar-refractivity contribution in [1.82, 2.24) is 9.21 Å². The van der Waals surface area contributed by atoms with E-state index in [0.717, 1.165) is 17.5 Å². The molecule has 1 aromatic rings. The van der Waals surface area contributed by atoms with Crippen molar-refractivity contribution in [1.29, 1.82) is 0 Å². The molecule has 0 spiro atoms. The van der Waals surface area contributed by atoms with Crippen LogP contribution < -0.4 is 0 Å². The van der Waals surface area contributed by atoms with Gasteiger partial charge in [-0.2, -0.15) is 4.31 Å². The van der Waals surface area contributed by atoms with Gasteiger partial charge in [0.1, 0.15) is 6.61 Å². The maximum Gasteiger partial charge on any atom is 0.248 e. The lowest BCUT2D eigenvalue weighted by molar-refractivity contribution is -0.137. The predicted octanol–water partition coefficient (Wildman–Crippen LogP) is 1.02. The highest BCUT2D eigenvalue weighted by molar-refractivity contribution is 7.89. The van der Waals surface area contributed by atoms with Crippen LogP contribution in [0.15, 0.2) is 23.1 Å². The van der Waals surface area contributed by atoms with E-state index in [1.165, 1.54) is 4.31 Å². The van der Waals surface area contributed by atoms with E-state index in [0.29, 0.717) is 57.3 Å². The van der Waals surface area contributed by atoms with E-state index in [1.54, 1.807) is 17.0 Å². The van der Waals surface area contributed by atoms with Crippen molar-refractivity contribution in [3.8, 4) is 0 Å². The van der Waals surface area contributed by atoms with Crippen molar-refractivity contribution in [2.75, 3.05) is 46.1 Å². The normalized spacial score (nSPS) is 18.6. The Morgan fingerprint density at radius 1 is 1.23 bits per heavy atom. The fourth-order valence-electron chi connectivity index (χ4n) is 3.35. The Kier molecular flexibility index (Phi) is 6.29. The van der Waals surface area contributed by atoms with Crippen molar-refractivity contribution < 1.29 is 22.7 Å². The first-order valence-electron chi connectivity index (χ1n) is 9.08. The smallest absolute Gasteiger partial charge is 0.248 e. The van der Waals surface area contributed by atoms with Crippen LogP contribution in [-0.4, -0.2) is 69.6 Å². The molecule has 0 radical (unpaired) electrons. The molecule has 0 N–H and O–H groups in total. The number of fused-ring (bicyclic) bond motifs is 1. The van der Waals surface area contributed by atoms with Crippen LogP contribution in [0.5, 0.6) is 0 Å². The molecular weight excluding hydrogens is 356 g/mol. The second-order valence-electron chi connectivity index (χ2n) is 6.53. The molecule has 1 aromatic carbocycles. The summed E-state index contributed by atoms with van der Waals surface area (Å²) in [7, 11) is -3.53. The Balaban J connectivity index is 1.77. The van der Waals surface area contributed by atoms with Crippen molar-refractivity contribution >= 4 is 15.9 Å². The van der Waals surface area contributed by atoms with Crippen LogP contribution in [0, 0.1) is 0 Å². The van der Waals surface area contributed by atoms with Gasteiger partial charge in [-0.15, -0.1) is 0 Å². The number of hydrogen-bond acceptors (Lipinski definition) is 5. The van der Waals surface area contributed by atoms with Gasteiger partial charge in [0.2, 0.25) is 15.9 Å². The van der Waals surface area contributed by atoms with Crippen LogP contribution in [0.4, 0.5) is 0 Å². The maximum absolute atomic E-state index is 13.0. The Morgan fingerprint density at radius 2 is 2.00 bits per heavy atom. The molecule has 2 aliphatic heterocycles. The third-order valence-corrected chi connectivity index (χ3v) is 6.72. The molecule has 0 saturated carbocycles. The van der Waals surface area contributed by atoms with Gasteiger partial charge in [0, 0.05) is 32.8 Å². The molecule has 144 valence electrons. The lowest BCUT2D eigenvalue weighted by atomic mass is 10.00. The molecule has 2 aliphatic rings. The molecule has 26 heavy (non-hydrogen) atoms. The van der Waals surface area contributed by atoms with Crippen LogP contribution in [0.2, 0.25) is 0 Å². The topological polar surface area (TPSA) is 76.2 Å². The summed E-state index contributed by atoms with van der Waals surface area (Å²) in [4.78, 5) is 14.4. The molecule has 0 atom stereocenters. The lowest BCUT2D eigenvalue weighted by Gasteiger charge is -2.32. The Hall–Kier alpha value is -1.48. The summed E-state index contributed by atoms with van der Waals surface area (Å²) < 4.78 is 38.1. The molecule has 8 heteroatoms. The fraction of sp³-hybridized carbons (Fsp3) is 0.611. The first kappa shape index (κ1) is 19.3. The third kappa shape index (κ3) is 4.09. The number of hydrogen-bond donors (Lipinski definition) is 0. The fourth-order valence-corrected chi connectivity index (χ4v) is 5.05. The molecule has 1 amide bonds. The molecular formula is C18H26N2O5S. The van der Waals surface area contributed by atoms with Crippen molar-refractivity contribution in [2.24, 2.45) is 0 Å². The molecule has 0 unspecified atom stereocenters. The minimum Gasteiger partial charge on any atom is -0.379 e. The first-order chi connectivity index (χ1) is 12.5. The van der Waals surface area contributed by atoms with E-state index in [9.17, 15) is 13.2 Å². The van der Waals surface area contributed by atoms with Crippen molar-refractivity contribution in [2.45, 2.75) is 31.2 Å². The standard InChI is InChI=1S/C18H26N2O5S/c1-2-10-25-14-18(21)19-7-6-16-15(13-19)4-3-5-17(16)26(22,23)20-8-11-24-12-9-20/h3-5H,2,6-14H2,1H3. The zero-order valence-corrected chi connectivity index (χ0v) is 16.0. The summed E-state index contributed by atoms with van der Waals surface area (Å²) in [5.74, 6) is -0.0504. The van der Waals surface area contributed by atoms with Gasteiger partial charge in [0.05, 0.1) is 18.1 Å². The van der Waals surface area contributed by atoms with Gasteiger partial charge in [0.25, 0.3) is 0 Å². The van der Waals surface area contributed by atoms with Gasteiger partial charge in [-0.25, -0.2) is 8.42 Å². The van der Waals surface area contributed by atoms with Crippen LogP contribution in [0.3, 0.4) is 0 Å². The van der Waals surface area contributed by atoms with Gasteiger partial charge < -0.3 is 14.4 Å². The predicted molar refractivity (Wildman–Crippen MR) is 96.3 cm³/mol. The Morgan fingerprint density at radius 3 is 2.73 bits per heavy atom. The van der Waals surface area contributed by atoms with E-state index >= 15 is 0 Å². The minimum absolute atomic E-state index is 0.0504. The maximum atomic E-state index is 13.0. The summed E-state index contributed by atoms with van der Waals surface area (Å²) in [6, 6.07) is 5.33. The van der Waals surface area contributed by atoms with Crippen LogP contribution >= 0.6 is 0 Å². The van der Waals surface area contributed by atoms with Gasteiger partial charge >= 0.3 is 0 Å². The van der Waals surface area contributed by atoms with E-state index < -0.39 is 10.0 Å². The summed E-state index contributed by atoms with van der Waals surface area (Å²) >= 11 is 0. The van der Waals surface area contributed by atoms with Crippen LogP contribution in [0.1, 0.15) is 24.5 Å². The molecule has 0 aliphatic carbocycles. The van der Waals surface area contributed by atoms with Gasteiger partial charge in [-0.3, -0.25) is 4.79 Å². The molecule has 0 bridgehead atoms. The second kappa shape index (κ2) is 8.47. The van der Waals surface area contributed by atoms with E-state index in [2.05, 4.69) is 0 Å². The third-order valence-electron chi connectivity index (χ3n) is 4.74. The molecule has 0 aromatic heterocycles. The summed E-state index contributed by atoms with van der Waals surface area (Å²) in [5.41, 5.74) is 1.73. The number of ether oxygens (including phenoxy) is 2. The van der Waals surface area contributed by atoms with Crippen LogP contribution in [0.25, 0.3) is 0 Å². The van der Waals surface area contributed by atoms with Crippen molar-refractivity contribution in [3.05, 3.63) is 29.3 Å². The van der Waals surface area contributed by atoms with Gasteiger partial charge in [-0.05, 0) is 30.0 Å². The quantitative estimate of drug-likeness (QED) is 0.687. The average molecular weight is 382 g/mol. The highest BCUT2D eigenvalue weighted by Crippen LogP contribution is 2.28. The number of benzene rings is 1. The number of morpholine rings is 1. The number of sulfonamides is 1. The highest BCUT2D eigenvalue weighted by atomic mass is 32.2. The largest absolute Gasteiger partial charge is 0.379 e. The molecule has 3 rings (SSSR count). The number of amides is 1. The summed E-state index contributed by atoms with van der Waals surface area (Å²) in [6.07, 6.45) is 1.41. The van der Waals surface area contributed by atoms with E-state index in [-0.39, 0.29) is 12.5 Å². The lowest BCUT2D eigenvalue weighted by Crippen LogP contribution is -2.42. The molecule has 1 fully saturated rings. The zero-order chi connectivity index (χ0) is 18.6. The van der Waals surface area contributed by atoms with E-state index in [1.807, 2.05) is 13.0 Å². The Bertz CT molecular complexity index is 744. The molecule has 1 saturated heterocycles. The first-order valence-corrected chi connectivity index (χ1v) is 10.5. The minimum atomic E-state index is -3.53. The number of rotatable bonds is 6. The SMILES string of the molecule is CCCOCC(=O)N1CCc2c(cccc2S(=O)(=O)N2CCOCC2)C1. The summed E-state index contributed by atoms with van der Waals surface area (Å²) in [5, 5.41) is 0. The number of carbonyl (C=O) groups excluding carboxylic acids is 1. The summed E-state index contributed by atoms with van der Waals surface area (Å²) in [6.45, 7) is 5.19. The second-order valence-corrected chi connectivity index (χ2v) is 8.43. The average Bonchev–Trinajstić information content (AvgIpc) is 2.67. The molecule has 2 heterocycles. The zero-order valence-electron chi connectivity index (χ0n) is 15.1. The van der Waals surface area contributed by atoms with Crippen LogP contribution in [-0.2, 0) is 37.3 Å². The van der Waals surface area contributed by atoms with Crippen molar-refractivity contribution in [3.63, 3.8) is 0 Å². The van der Waals surface area contributed by atoms with Gasteiger partial charge in [-0.1, -0.05) is 19.1 Å².